The molecule has 2 aromatic rings. The Morgan fingerprint density at radius 1 is 1.35 bits per heavy atom. The van der Waals surface area contributed by atoms with E-state index < -0.39 is 6.10 Å². The van der Waals surface area contributed by atoms with Crippen molar-refractivity contribution < 1.29 is 14.6 Å². The Balaban J connectivity index is 2.22. The molecule has 0 bridgehead atoms. The summed E-state index contributed by atoms with van der Waals surface area (Å²) in [6, 6.07) is 11.7. The molecule has 2 aromatic carbocycles. The maximum absolute atomic E-state index is 11.9. The lowest BCUT2D eigenvalue weighted by atomic mass is 10.0. The molecule has 106 valence electrons. The number of aliphatic hydroxyl groups is 1. The van der Waals surface area contributed by atoms with Crippen LogP contribution in [0, 0.1) is 0 Å². The summed E-state index contributed by atoms with van der Waals surface area (Å²) in [5.41, 5.74) is 0.949. The summed E-state index contributed by atoms with van der Waals surface area (Å²) >= 11 is 0. The van der Waals surface area contributed by atoms with Crippen molar-refractivity contribution in [3.8, 4) is 5.75 Å². The molecular weight excluding hydrogens is 254 g/mol. The minimum Gasteiger partial charge on any atom is -0.497 e. The predicted octanol–water partition coefficient (Wildman–Crippen LogP) is 1.89. The molecule has 0 aliphatic heterocycles. The molecule has 0 aliphatic rings. The molecule has 0 aliphatic carbocycles. The lowest BCUT2D eigenvalue weighted by molar-refractivity contribution is -0.120. The van der Waals surface area contributed by atoms with E-state index in [9.17, 15) is 9.90 Å². The molecule has 20 heavy (non-hydrogen) atoms. The van der Waals surface area contributed by atoms with Crippen LogP contribution in [0.3, 0.4) is 0 Å². The largest absolute Gasteiger partial charge is 0.497 e. The number of ether oxygens (including phenoxy) is 1. The minimum absolute atomic E-state index is 0.0961. The van der Waals surface area contributed by atoms with Gasteiger partial charge in [0.15, 0.2) is 0 Å². The van der Waals surface area contributed by atoms with Gasteiger partial charge in [-0.2, -0.15) is 0 Å². The fraction of sp³-hybridized carbons (Fsp3) is 0.312. The van der Waals surface area contributed by atoms with Crippen LogP contribution in [0.15, 0.2) is 36.4 Å². The Labute approximate surface area is 118 Å². The highest BCUT2D eigenvalue weighted by atomic mass is 16.5. The number of fused-ring (bicyclic) bond motifs is 1. The van der Waals surface area contributed by atoms with Gasteiger partial charge in [-0.1, -0.05) is 24.3 Å². The van der Waals surface area contributed by atoms with E-state index in [0.29, 0.717) is 0 Å². The molecule has 0 spiro atoms. The van der Waals surface area contributed by atoms with Crippen LogP contribution >= 0.6 is 0 Å². The second-order valence-electron chi connectivity index (χ2n) is 4.83. The number of nitrogens with one attached hydrogen (secondary N) is 1. The zero-order chi connectivity index (χ0) is 14.5. The van der Waals surface area contributed by atoms with Gasteiger partial charge < -0.3 is 15.2 Å². The van der Waals surface area contributed by atoms with E-state index in [1.54, 1.807) is 14.0 Å². The zero-order valence-corrected chi connectivity index (χ0v) is 11.7. The van der Waals surface area contributed by atoms with Crippen LogP contribution in [0.4, 0.5) is 0 Å². The molecule has 2 N–H and O–H groups in total. The van der Waals surface area contributed by atoms with Crippen molar-refractivity contribution in [1.82, 2.24) is 5.32 Å². The van der Waals surface area contributed by atoms with Crippen molar-refractivity contribution in [2.45, 2.75) is 19.4 Å². The Morgan fingerprint density at radius 3 is 2.85 bits per heavy atom. The molecule has 1 unspecified atom stereocenters. The van der Waals surface area contributed by atoms with Gasteiger partial charge in [0.25, 0.3) is 0 Å². The van der Waals surface area contributed by atoms with Crippen LogP contribution in [0.2, 0.25) is 0 Å². The van der Waals surface area contributed by atoms with E-state index in [0.717, 1.165) is 22.1 Å². The average molecular weight is 273 g/mol. The van der Waals surface area contributed by atoms with Gasteiger partial charge in [0.1, 0.15) is 5.75 Å². The van der Waals surface area contributed by atoms with Crippen LogP contribution in [-0.4, -0.2) is 30.8 Å². The van der Waals surface area contributed by atoms with Crippen LogP contribution in [0.1, 0.15) is 12.5 Å². The molecule has 4 nitrogen and oxygen atoms in total. The second kappa shape index (κ2) is 6.39. The summed E-state index contributed by atoms with van der Waals surface area (Å²) in [4.78, 5) is 11.9. The normalized spacial score (nSPS) is 12.2. The van der Waals surface area contributed by atoms with Crippen molar-refractivity contribution in [1.29, 1.82) is 0 Å². The second-order valence-corrected chi connectivity index (χ2v) is 4.83. The zero-order valence-electron chi connectivity index (χ0n) is 11.7. The third-order valence-electron chi connectivity index (χ3n) is 3.13. The van der Waals surface area contributed by atoms with Crippen molar-refractivity contribution in [3.63, 3.8) is 0 Å². The van der Waals surface area contributed by atoms with Crippen LogP contribution in [0.5, 0.6) is 5.75 Å². The summed E-state index contributed by atoms with van der Waals surface area (Å²) < 4.78 is 5.23. The number of amides is 1. The quantitative estimate of drug-likeness (QED) is 0.874. The van der Waals surface area contributed by atoms with Crippen LogP contribution in [-0.2, 0) is 11.2 Å². The number of methoxy groups -OCH3 is 1. The van der Waals surface area contributed by atoms with Crippen molar-refractivity contribution in [2.75, 3.05) is 13.7 Å². The van der Waals surface area contributed by atoms with E-state index in [4.69, 9.17) is 4.74 Å². The molecule has 2 rings (SSSR count). The number of hydrogen-bond acceptors (Lipinski definition) is 3. The van der Waals surface area contributed by atoms with Gasteiger partial charge in [-0.15, -0.1) is 0 Å². The molecule has 0 fully saturated rings. The number of rotatable bonds is 5. The van der Waals surface area contributed by atoms with Crippen molar-refractivity contribution >= 4 is 16.7 Å². The molecule has 0 saturated carbocycles. The number of aliphatic hydroxyl groups excluding tert-OH is 1. The SMILES string of the molecule is COc1ccc2cccc(CC(=O)NCC(C)O)c2c1. The van der Waals surface area contributed by atoms with E-state index in [-0.39, 0.29) is 18.9 Å². The first-order valence-electron chi connectivity index (χ1n) is 6.60. The lowest BCUT2D eigenvalue weighted by Crippen LogP contribution is -2.31. The smallest absolute Gasteiger partial charge is 0.224 e. The summed E-state index contributed by atoms with van der Waals surface area (Å²) in [6.07, 6.45) is -0.247. The third kappa shape index (κ3) is 3.48. The minimum atomic E-state index is -0.536. The molecule has 0 heterocycles. The van der Waals surface area contributed by atoms with Gasteiger partial charge in [0.05, 0.1) is 19.6 Å². The maximum atomic E-state index is 11.9. The number of carbonyl (C=O) groups is 1. The van der Waals surface area contributed by atoms with Crippen molar-refractivity contribution in [3.05, 3.63) is 42.0 Å². The monoisotopic (exact) mass is 273 g/mol. The maximum Gasteiger partial charge on any atom is 0.224 e. The van der Waals surface area contributed by atoms with E-state index in [1.165, 1.54) is 0 Å². The fourth-order valence-corrected chi connectivity index (χ4v) is 2.09. The highest BCUT2D eigenvalue weighted by Gasteiger charge is 2.08. The third-order valence-corrected chi connectivity index (χ3v) is 3.13. The van der Waals surface area contributed by atoms with Crippen LogP contribution < -0.4 is 10.1 Å². The molecule has 1 amide bonds. The molecule has 0 saturated heterocycles. The standard InChI is InChI=1S/C16H19NO3/c1-11(18)10-17-16(19)8-13-5-3-4-12-6-7-14(20-2)9-15(12)13/h3-7,9,11,18H,8,10H2,1-2H3,(H,17,19). The molecule has 1 atom stereocenters. The Morgan fingerprint density at radius 2 is 2.15 bits per heavy atom. The Bertz CT molecular complexity index is 608. The first kappa shape index (κ1) is 14.3. The van der Waals surface area contributed by atoms with E-state index in [2.05, 4.69) is 5.32 Å². The summed E-state index contributed by atoms with van der Waals surface area (Å²) in [7, 11) is 1.62. The number of benzene rings is 2. The van der Waals surface area contributed by atoms with E-state index >= 15 is 0 Å². The van der Waals surface area contributed by atoms with Gasteiger partial charge in [0.2, 0.25) is 5.91 Å². The Hall–Kier alpha value is -2.07. The highest BCUT2D eigenvalue weighted by molar-refractivity contribution is 5.91. The van der Waals surface area contributed by atoms with Gasteiger partial charge in [-0.3, -0.25) is 4.79 Å². The predicted molar refractivity (Wildman–Crippen MR) is 78.9 cm³/mol. The van der Waals surface area contributed by atoms with Gasteiger partial charge >= 0.3 is 0 Å². The fourth-order valence-electron chi connectivity index (χ4n) is 2.09. The molecule has 4 heteroatoms. The first-order valence-corrected chi connectivity index (χ1v) is 6.60. The summed E-state index contributed by atoms with van der Waals surface area (Å²) in [5, 5.41) is 14.0. The Kier molecular flexibility index (Phi) is 4.58. The average Bonchev–Trinajstić information content (AvgIpc) is 2.45. The molecular formula is C16H19NO3. The molecule has 0 aromatic heterocycles. The molecule has 0 radical (unpaired) electrons. The number of carbonyl (C=O) groups excluding carboxylic acids is 1. The summed E-state index contributed by atoms with van der Waals surface area (Å²) in [6.45, 7) is 1.91. The highest BCUT2D eigenvalue weighted by Crippen LogP contribution is 2.24. The van der Waals surface area contributed by atoms with Gasteiger partial charge in [-0.05, 0) is 35.4 Å². The number of hydrogen-bond donors (Lipinski definition) is 2. The topological polar surface area (TPSA) is 58.6 Å². The summed E-state index contributed by atoms with van der Waals surface area (Å²) in [5.74, 6) is 0.676. The van der Waals surface area contributed by atoms with Crippen LogP contribution in [0.25, 0.3) is 10.8 Å². The van der Waals surface area contributed by atoms with Crippen molar-refractivity contribution in [2.24, 2.45) is 0 Å². The van der Waals surface area contributed by atoms with Gasteiger partial charge in [0, 0.05) is 6.54 Å². The first-order chi connectivity index (χ1) is 9.60. The van der Waals surface area contributed by atoms with Gasteiger partial charge in [-0.25, -0.2) is 0 Å². The lowest BCUT2D eigenvalue weighted by Gasteiger charge is -2.10. The van der Waals surface area contributed by atoms with E-state index in [1.807, 2.05) is 36.4 Å².